The van der Waals surface area contributed by atoms with Gasteiger partial charge in [0.15, 0.2) is 5.84 Å². The van der Waals surface area contributed by atoms with Crippen molar-refractivity contribution in [1.82, 2.24) is 4.90 Å². The van der Waals surface area contributed by atoms with Crippen LogP contribution < -0.4 is 4.74 Å². The van der Waals surface area contributed by atoms with E-state index in [2.05, 4.69) is 14.3 Å². The number of nitrogens with zero attached hydrogens (tertiary/aromatic N) is 3. The second-order valence-corrected chi connectivity index (χ2v) is 6.01. The molecular weight excluding hydrogens is 306 g/mol. The number of para-hydroxylation sites is 1. The zero-order chi connectivity index (χ0) is 15.5. The normalized spacial score (nSPS) is 16.4. The number of benzene rings is 2. The van der Waals surface area contributed by atoms with E-state index in [-0.39, 0.29) is 0 Å². The lowest BCUT2D eigenvalue weighted by atomic mass is 10.1. The molecule has 2 heterocycles. The first-order valence-corrected chi connectivity index (χ1v) is 8.39. The summed E-state index contributed by atoms with van der Waals surface area (Å²) in [5.74, 6) is 3.58. The molecule has 0 aliphatic carbocycles. The number of hydrogen-bond donors (Lipinski definition) is 0. The summed E-state index contributed by atoms with van der Waals surface area (Å²) < 4.78 is 10.4. The Labute approximate surface area is 139 Å². The molecule has 2 aromatic carbocycles. The van der Waals surface area contributed by atoms with Gasteiger partial charge in [-0.2, -0.15) is 4.40 Å². The van der Waals surface area contributed by atoms with E-state index in [1.165, 1.54) is 0 Å². The van der Waals surface area contributed by atoms with Crippen molar-refractivity contribution < 1.29 is 4.74 Å². The van der Waals surface area contributed by atoms with Crippen molar-refractivity contribution >= 4 is 23.5 Å². The molecule has 2 aromatic rings. The monoisotopic (exact) mass is 321 g/mol. The predicted molar refractivity (Wildman–Crippen MR) is 95.2 cm³/mol. The molecule has 0 atom stereocenters. The van der Waals surface area contributed by atoms with Crippen LogP contribution in [-0.2, 0) is 0 Å². The second-order valence-electron chi connectivity index (χ2n) is 5.16. The van der Waals surface area contributed by atoms with Gasteiger partial charge in [0.05, 0.1) is 0 Å². The molecule has 0 saturated heterocycles. The first kappa shape index (κ1) is 14.1. The minimum absolute atomic E-state index is 0.809. The molecule has 0 fully saturated rings. The van der Waals surface area contributed by atoms with Gasteiger partial charge < -0.3 is 9.64 Å². The Bertz CT molecular complexity index is 782. The summed E-state index contributed by atoms with van der Waals surface area (Å²) >= 11 is 1.59. The summed E-state index contributed by atoms with van der Waals surface area (Å²) in [5.41, 5.74) is 1.95. The van der Waals surface area contributed by atoms with Gasteiger partial charge in [-0.25, -0.2) is 0 Å². The van der Waals surface area contributed by atoms with Crippen LogP contribution in [0.2, 0.25) is 0 Å². The Morgan fingerprint density at radius 3 is 2.57 bits per heavy atom. The fourth-order valence-electron chi connectivity index (χ4n) is 2.48. The van der Waals surface area contributed by atoms with E-state index in [1.807, 2.05) is 67.0 Å². The Balaban J connectivity index is 1.57. The second kappa shape index (κ2) is 6.30. The minimum Gasteiger partial charge on any atom is -0.457 e. The highest BCUT2D eigenvalue weighted by atomic mass is 32.2. The maximum Gasteiger partial charge on any atom is 0.167 e. The Morgan fingerprint density at radius 2 is 1.74 bits per heavy atom. The number of amidine groups is 1. The predicted octanol–water partition coefficient (Wildman–Crippen LogP) is 4.12. The van der Waals surface area contributed by atoms with Crippen LogP contribution in [0.25, 0.3) is 0 Å². The van der Waals surface area contributed by atoms with Crippen molar-refractivity contribution in [3.8, 4) is 11.5 Å². The molecule has 0 N–H and O–H groups in total. The average Bonchev–Trinajstić information content (AvgIpc) is 2.63. The first-order valence-electron chi connectivity index (χ1n) is 7.45. The van der Waals surface area contributed by atoms with E-state index in [0.717, 1.165) is 40.9 Å². The highest BCUT2D eigenvalue weighted by Gasteiger charge is 2.22. The summed E-state index contributed by atoms with van der Waals surface area (Å²) in [6.07, 6.45) is 3.81. The largest absolute Gasteiger partial charge is 0.457 e. The van der Waals surface area contributed by atoms with E-state index in [4.69, 9.17) is 4.74 Å². The number of hydrogen-bond acceptors (Lipinski definition) is 5. The third-order valence-corrected chi connectivity index (χ3v) is 4.28. The molecule has 0 radical (unpaired) electrons. The molecule has 0 amide bonds. The minimum atomic E-state index is 0.809. The summed E-state index contributed by atoms with van der Waals surface area (Å²) in [4.78, 5) is 6.65. The Kier molecular flexibility index (Phi) is 3.86. The molecule has 5 heteroatoms. The molecule has 0 unspecified atom stereocenters. The van der Waals surface area contributed by atoms with Gasteiger partial charge >= 0.3 is 0 Å². The number of rotatable bonds is 3. The molecule has 2 aliphatic heterocycles. The van der Waals surface area contributed by atoms with Gasteiger partial charge in [-0.15, -0.1) is 0 Å². The van der Waals surface area contributed by atoms with Crippen molar-refractivity contribution in [2.24, 2.45) is 9.39 Å². The van der Waals surface area contributed by atoms with Gasteiger partial charge in [0.1, 0.15) is 17.2 Å². The standard InChI is InChI=1S/C18H15N3OS/c1-2-4-15(5-3-1)22-16-8-6-14(7-9-16)17-18-20-23-13-12-21(18)11-10-19-17/h1-11H,12-13H2. The lowest BCUT2D eigenvalue weighted by Crippen LogP contribution is -2.38. The van der Waals surface area contributed by atoms with Gasteiger partial charge in [0, 0.05) is 30.3 Å². The van der Waals surface area contributed by atoms with Gasteiger partial charge in [0.2, 0.25) is 0 Å². The van der Waals surface area contributed by atoms with Crippen LogP contribution in [0.1, 0.15) is 5.56 Å². The van der Waals surface area contributed by atoms with Crippen molar-refractivity contribution in [2.75, 3.05) is 12.3 Å². The number of aliphatic imine (C=N–C) groups is 1. The Hall–Kier alpha value is -2.53. The number of fused-ring (bicyclic) bond motifs is 1. The van der Waals surface area contributed by atoms with Gasteiger partial charge in [-0.05, 0) is 48.3 Å². The Morgan fingerprint density at radius 1 is 0.957 bits per heavy atom. The zero-order valence-corrected chi connectivity index (χ0v) is 13.2. The fraction of sp³-hybridized carbons (Fsp3) is 0.111. The maximum absolute atomic E-state index is 5.83. The van der Waals surface area contributed by atoms with Crippen LogP contribution in [-0.4, -0.2) is 28.7 Å². The van der Waals surface area contributed by atoms with Crippen molar-refractivity contribution in [2.45, 2.75) is 0 Å². The molecule has 0 aromatic heterocycles. The van der Waals surface area contributed by atoms with Crippen molar-refractivity contribution in [3.05, 3.63) is 72.6 Å². The molecule has 0 saturated carbocycles. The molecule has 4 rings (SSSR count). The quantitative estimate of drug-likeness (QED) is 0.798. The molecule has 0 bridgehead atoms. The van der Waals surface area contributed by atoms with E-state index in [9.17, 15) is 0 Å². The number of ether oxygens (including phenoxy) is 1. The summed E-state index contributed by atoms with van der Waals surface area (Å²) in [6.45, 7) is 0.966. The van der Waals surface area contributed by atoms with Crippen LogP contribution in [0.4, 0.5) is 0 Å². The van der Waals surface area contributed by atoms with Crippen molar-refractivity contribution in [1.29, 1.82) is 0 Å². The van der Waals surface area contributed by atoms with Gasteiger partial charge in [-0.3, -0.25) is 4.99 Å². The van der Waals surface area contributed by atoms with E-state index in [0.29, 0.717) is 0 Å². The van der Waals surface area contributed by atoms with E-state index < -0.39 is 0 Å². The van der Waals surface area contributed by atoms with E-state index >= 15 is 0 Å². The molecule has 2 aliphatic rings. The molecule has 4 nitrogen and oxygen atoms in total. The summed E-state index contributed by atoms with van der Waals surface area (Å²) in [7, 11) is 0. The third-order valence-electron chi connectivity index (χ3n) is 3.62. The van der Waals surface area contributed by atoms with Gasteiger partial charge in [0.25, 0.3) is 0 Å². The lowest BCUT2D eigenvalue weighted by Gasteiger charge is -2.28. The van der Waals surface area contributed by atoms with Crippen LogP contribution >= 0.6 is 11.9 Å². The van der Waals surface area contributed by atoms with Crippen LogP contribution in [0, 0.1) is 0 Å². The average molecular weight is 321 g/mol. The van der Waals surface area contributed by atoms with Crippen LogP contribution in [0.3, 0.4) is 0 Å². The molecule has 114 valence electrons. The zero-order valence-electron chi connectivity index (χ0n) is 12.4. The molecular formula is C18H15N3OS. The lowest BCUT2D eigenvalue weighted by molar-refractivity contribution is 0.482. The fourth-order valence-corrected chi connectivity index (χ4v) is 3.17. The summed E-state index contributed by atoms with van der Waals surface area (Å²) in [6, 6.07) is 17.7. The third kappa shape index (κ3) is 3.00. The van der Waals surface area contributed by atoms with Crippen molar-refractivity contribution in [3.63, 3.8) is 0 Å². The highest BCUT2D eigenvalue weighted by Crippen LogP contribution is 2.23. The molecule has 0 spiro atoms. The maximum atomic E-state index is 5.83. The van der Waals surface area contributed by atoms with Crippen LogP contribution in [0.5, 0.6) is 11.5 Å². The topological polar surface area (TPSA) is 37.2 Å². The summed E-state index contributed by atoms with van der Waals surface area (Å²) in [5, 5.41) is 0. The highest BCUT2D eigenvalue weighted by molar-refractivity contribution is 7.98. The van der Waals surface area contributed by atoms with Crippen LogP contribution in [0.15, 0.2) is 76.4 Å². The van der Waals surface area contributed by atoms with E-state index in [1.54, 1.807) is 11.9 Å². The SMILES string of the molecule is C1=CN2CCSN=C2C(c2ccc(Oc3ccccc3)cc2)=N1. The van der Waals surface area contributed by atoms with Gasteiger partial charge in [-0.1, -0.05) is 18.2 Å². The first-order chi connectivity index (χ1) is 11.4. The smallest absolute Gasteiger partial charge is 0.167 e. The molecule has 23 heavy (non-hydrogen) atoms.